The number of ether oxygens (including phenoxy) is 4. The zero-order chi connectivity index (χ0) is 25.0. The van der Waals surface area contributed by atoms with Gasteiger partial charge in [0.05, 0.1) is 31.3 Å². The molecular formula is C29H38O6. The molecule has 0 radical (unpaired) electrons. The highest BCUT2D eigenvalue weighted by atomic mass is 16.5. The van der Waals surface area contributed by atoms with Crippen LogP contribution in [0.2, 0.25) is 0 Å². The van der Waals surface area contributed by atoms with Crippen LogP contribution in [0, 0.1) is 11.8 Å². The minimum Gasteiger partial charge on any atom is -0.494 e. The molecule has 0 unspecified atom stereocenters. The van der Waals surface area contributed by atoms with Crippen LogP contribution in [0.15, 0.2) is 42.5 Å². The van der Waals surface area contributed by atoms with Crippen molar-refractivity contribution < 1.29 is 28.8 Å². The van der Waals surface area contributed by atoms with Gasteiger partial charge in [-0.05, 0) is 82.3 Å². The second kappa shape index (κ2) is 10.9. The Balaban J connectivity index is 1.55. The van der Waals surface area contributed by atoms with E-state index < -0.39 is 17.5 Å². The summed E-state index contributed by atoms with van der Waals surface area (Å²) in [7, 11) is 0. The van der Waals surface area contributed by atoms with Crippen LogP contribution < -0.4 is 14.2 Å². The molecule has 2 aromatic carbocycles. The van der Waals surface area contributed by atoms with Gasteiger partial charge in [0.1, 0.15) is 22.8 Å². The van der Waals surface area contributed by atoms with E-state index >= 15 is 0 Å². The number of hydrogen-bond donors (Lipinski definition) is 1. The molecule has 0 amide bonds. The molecule has 4 rings (SSSR count). The molecule has 0 spiro atoms. The van der Waals surface area contributed by atoms with Gasteiger partial charge in [0.25, 0.3) is 0 Å². The summed E-state index contributed by atoms with van der Waals surface area (Å²) >= 11 is 0. The van der Waals surface area contributed by atoms with Crippen molar-refractivity contribution in [3.8, 4) is 17.2 Å². The Morgan fingerprint density at radius 1 is 1.09 bits per heavy atom. The summed E-state index contributed by atoms with van der Waals surface area (Å²) in [6.07, 6.45) is 3.35. The van der Waals surface area contributed by atoms with Gasteiger partial charge in [-0.1, -0.05) is 25.5 Å². The molecule has 2 aliphatic rings. The maximum atomic E-state index is 12.3. The van der Waals surface area contributed by atoms with E-state index in [1.54, 1.807) is 0 Å². The largest absolute Gasteiger partial charge is 0.494 e. The average molecular weight is 483 g/mol. The molecule has 0 aliphatic carbocycles. The normalized spacial score (nSPS) is 24.6. The topological polar surface area (TPSA) is 74.2 Å². The van der Waals surface area contributed by atoms with E-state index in [-0.39, 0.29) is 18.1 Å². The summed E-state index contributed by atoms with van der Waals surface area (Å²) in [5.41, 5.74) is 1.57. The molecule has 4 atom stereocenters. The molecule has 0 saturated carbocycles. The number of rotatable bonds is 10. The highest BCUT2D eigenvalue weighted by Crippen LogP contribution is 2.53. The van der Waals surface area contributed by atoms with Gasteiger partial charge in [-0.15, -0.1) is 0 Å². The fourth-order valence-corrected chi connectivity index (χ4v) is 5.25. The smallest absolute Gasteiger partial charge is 0.309 e. The van der Waals surface area contributed by atoms with Gasteiger partial charge in [0, 0.05) is 11.5 Å². The Hall–Kier alpha value is -2.73. The summed E-state index contributed by atoms with van der Waals surface area (Å²) in [6.45, 7) is 9.46. The van der Waals surface area contributed by atoms with E-state index in [1.807, 2.05) is 63.2 Å². The molecule has 2 aliphatic heterocycles. The number of carboxylic acids is 1. The standard InChI is InChI=1S/C29H38O6/c1-5-7-16-33-21-13-15-26-22(17-21)27-24(29(3,4)35-26)18-23(28(30)31)25(34-27)14-10-19-8-11-20(12-9-19)32-6-2/h8-9,11-13,15,17,23-25,27H,5-7,10,14,16,18H2,1-4H3,(H,30,31)/t23-,24-,25-,27+/m0/s1. The Kier molecular flexibility index (Phi) is 7.90. The van der Waals surface area contributed by atoms with E-state index in [1.165, 1.54) is 0 Å². The van der Waals surface area contributed by atoms with Crippen molar-refractivity contribution in [3.63, 3.8) is 0 Å². The van der Waals surface area contributed by atoms with Gasteiger partial charge in [0.2, 0.25) is 0 Å². The third-order valence-corrected chi connectivity index (χ3v) is 7.23. The number of aryl methyl sites for hydroxylation is 1. The summed E-state index contributed by atoms with van der Waals surface area (Å²) < 4.78 is 24.5. The molecule has 0 aromatic heterocycles. The van der Waals surface area contributed by atoms with Gasteiger partial charge in [-0.2, -0.15) is 0 Å². The van der Waals surface area contributed by atoms with Crippen LogP contribution in [-0.2, 0) is 16.0 Å². The third-order valence-electron chi connectivity index (χ3n) is 7.23. The minimum atomic E-state index is -0.807. The number of fused-ring (bicyclic) bond motifs is 3. The summed E-state index contributed by atoms with van der Waals surface area (Å²) in [5.74, 6) is 0.983. The monoisotopic (exact) mass is 482 g/mol. The zero-order valence-electron chi connectivity index (χ0n) is 21.3. The SMILES string of the molecule is CCCCOc1ccc2c(c1)[C@H]1O[C@@H](CCc3ccc(OCC)cc3)[C@@H](C(=O)O)C[C@@H]1C(C)(C)O2. The van der Waals surface area contributed by atoms with Gasteiger partial charge in [-0.25, -0.2) is 0 Å². The van der Waals surface area contributed by atoms with E-state index in [0.717, 1.165) is 47.6 Å². The maximum absolute atomic E-state index is 12.3. The molecule has 1 saturated heterocycles. The van der Waals surface area contributed by atoms with Crippen LogP contribution in [0.4, 0.5) is 0 Å². The molecule has 35 heavy (non-hydrogen) atoms. The lowest BCUT2D eigenvalue weighted by atomic mass is 9.71. The summed E-state index contributed by atoms with van der Waals surface area (Å²) in [6, 6.07) is 13.9. The van der Waals surface area contributed by atoms with Crippen molar-refractivity contribution in [2.75, 3.05) is 13.2 Å². The molecule has 0 bridgehead atoms. The van der Waals surface area contributed by atoms with Crippen molar-refractivity contribution in [1.29, 1.82) is 0 Å². The van der Waals surface area contributed by atoms with Crippen molar-refractivity contribution in [3.05, 3.63) is 53.6 Å². The molecule has 190 valence electrons. The minimum absolute atomic E-state index is 0.0660. The first kappa shape index (κ1) is 25.4. The molecule has 2 aromatic rings. The number of unbranched alkanes of at least 4 members (excludes halogenated alkanes) is 1. The van der Waals surface area contributed by atoms with Crippen LogP contribution in [-0.4, -0.2) is 36.0 Å². The first-order valence-electron chi connectivity index (χ1n) is 12.9. The molecular weight excluding hydrogens is 444 g/mol. The first-order valence-corrected chi connectivity index (χ1v) is 12.9. The number of hydrogen-bond acceptors (Lipinski definition) is 5. The van der Waals surface area contributed by atoms with Gasteiger partial charge in [-0.3, -0.25) is 4.79 Å². The van der Waals surface area contributed by atoms with Gasteiger partial charge < -0.3 is 24.1 Å². The highest BCUT2D eigenvalue weighted by molar-refractivity contribution is 5.71. The van der Waals surface area contributed by atoms with Crippen molar-refractivity contribution in [2.45, 2.75) is 77.6 Å². The Labute approximate surface area is 208 Å². The zero-order valence-corrected chi connectivity index (χ0v) is 21.3. The first-order chi connectivity index (χ1) is 16.8. The number of aliphatic carboxylic acids is 1. The lowest BCUT2D eigenvalue weighted by Gasteiger charge is -2.50. The maximum Gasteiger partial charge on any atom is 0.309 e. The number of carboxylic acid groups (broad SMARTS) is 1. The van der Waals surface area contributed by atoms with Crippen LogP contribution in [0.5, 0.6) is 17.2 Å². The van der Waals surface area contributed by atoms with Gasteiger partial charge in [0.15, 0.2) is 0 Å². The summed E-state index contributed by atoms with van der Waals surface area (Å²) in [4.78, 5) is 12.3. The molecule has 6 nitrogen and oxygen atoms in total. The lowest BCUT2D eigenvalue weighted by molar-refractivity contribution is -0.188. The lowest BCUT2D eigenvalue weighted by Crippen LogP contribution is -2.52. The van der Waals surface area contributed by atoms with E-state index in [0.29, 0.717) is 26.1 Å². The summed E-state index contributed by atoms with van der Waals surface area (Å²) in [5, 5.41) is 10.1. The second-order valence-electron chi connectivity index (χ2n) is 10.1. The van der Waals surface area contributed by atoms with Crippen LogP contribution in [0.25, 0.3) is 0 Å². The second-order valence-corrected chi connectivity index (χ2v) is 10.1. The van der Waals surface area contributed by atoms with Crippen molar-refractivity contribution in [1.82, 2.24) is 0 Å². The fraction of sp³-hybridized carbons (Fsp3) is 0.552. The van der Waals surface area contributed by atoms with Crippen LogP contribution in [0.3, 0.4) is 0 Å². The number of carbonyl (C=O) groups is 1. The molecule has 1 N–H and O–H groups in total. The Morgan fingerprint density at radius 3 is 2.51 bits per heavy atom. The highest BCUT2D eigenvalue weighted by Gasteiger charge is 2.52. The third kappa shape index (κ3) is 5.75. The van der Waals surface area contributed by atoms with E-state index in [9.17, 15) is 9.90 Å². The number of benzene rings is 2. The quantitative estimate of drug-likeness (QED) is 0.406. The predicted octanol–water partition coefficient (Wildman–Crippen LogP) is 6.22. The molecule has 2 heterocycles. The molecule has 6 heteroatoms. The van der Waals surface area contributed by atoms with E-state index in [4.69, 9.17) is 18.9 Å². The van der Waals surface area contributed by atoms with Crippen LogP contribution >= 0.6 is 0 Å². The van der Waals surface area contributed by atoms with Crippen molar-refractivity contribution >= 4 is 5.97 Å². The van der Waals surface area contributed by atoms with Crippen LogP contribution in [0.1, 0.15) is 70.6 Å². The van der Waals surface area contributed by atoms with Crippen molar-refractivity contribution in [2.24, 2.45) is 11.8 Å². The van der Waals surface area contributed by atoms with E-state index in [2.05, 4.69) is 6.92 Å². The Morgan fingerprint density at radius 2 is 1.83 bits per heavy atom. The molecule has 1 fully saturated rings. The van der Waals surface area contributed by atoms with Gasteiger partial charge >= 0.3 is 5.97 Å². The predicted molar refractivity (Wildman–Crippen MR) is 134 cm³/mol. The fourth-order valence-electron chi connectivity index (χ4n) is 5.25. The Bertz CT molecular complexity index is 999. The average Bonchev–Trinajstić information content (AvgIpc) is 2.83.